The first kappa shape index (κ1) is 51.6. The van der Waals surface area contributed by atoms with Crippen LogP contribution in [0.5, 0.6) is 0 Å². The zero-order valence-electron chi connectivity index (χ0n) is 34.9. The van der Waals surface area contributed by atoms with Gasteiger partial charge in [-0.15, -0.1) is 6.58 Å². The number of carboxylic acids is 1. The summed E-state index contributed by atoms with van der Waals surface area (Å²) in [5.41, 5.74) is 2.15. The van der Waals surface area contributed by atoms with E-state index in [1.807, 2.05) is 26.8 Å². The molecule has 0 aromatic rings. The van der Waals surface area contributed by atoms with Crippen molar-refractivity contribution in [1.82, 2.24) is 0 Å². The van der Waals surface area contributed by atoms with Gasteiger partial charge < -0.3 is 84.2 Å². The molecule has 0 bridgehead atoms. The molecule has 60 heavy (non-hydrogen) atoms. The van der Waals surface area contributed by atoms with E-state index in [0.717, 1.165) is 30.4 Å². The molecular formula is C41H66O19. The number of hydrogen-bond acceptors (Lipinski definition) is 18. The second kappa shape index (κ2) is 24.2. The molecular weight excluding hydrogens is 796 g/mol. The molecule has 344 valence electrons. The normalized spacial score (nSPS) is 36.7. The topological polar surface area (TPSA) is 301 Å². The summed E-state index contributed by atoms with van der Waals surface area (Å²) >= 11 is 0. The summed E-state index contributed by atoms with van der Waals surface area (Å²) in [5, 5.41) is 102. The van der Waals surface area contributed by atoms with Gasteiger partial charge in [-0.3, -0.25) is 9.59 Å². The summed E-state index contributed by atoms with van der Waals surface area (Å²) in [5.74, 6) is -2.43. The van der Waals surface area contributed by atoms with Gasteiger partial charge in [0, 0.05) is 0 Å². The van der Waals surface area contributed by atoms with Crippen LogP contribution >= 0.6 is 0 Å². The second-order valence-corrected chi connectivity index (χ2v) is 16.0. The predicted molar refractivity (Wildman–Crippen MR) is 209 cm³/mol. The fraction of sp³-hybridized carbons (Fsp3) is 0.756. The van der Waals surface area contributed by atoms with Gasteiger partial charge >= 0.3 is 11.9 Å². The number of allylic oxidation sites excluding steroid dienone is 5. The van der Waals surface area contributed by atoms with Gasteiger partial charge in [0.1, 0.15) is 80.2 Å². The summed E-state index contributed by atoms with van der Waals surface area (Å²) in [6.45, 7) is 11.8. The molecule has 0 radical (unpaired) electrons. The Labute approximate surface area is 350 Å². The summed E-state index contributed by atoms with van der Waals surface area (Å²) in [6, 6.07) is 0. The second-order valence-electron chi connectivity index (χ2n) is 16.0. The average molecular weight is 863 g/mol. The van der Waals surface area contributed by atoms with E-state index in [9.17, 15) is 55.5 Å². The van der Waals surface area contributed by atoms with Gasteiger partial charge in [0.2, 0.25) is 0 Å². The first-order chi connectivity index (χ1) is 28.2. The maximum Gasteiger partial charge on any atom is 0.317 e. The number of carbonyl (C=O) groups excluding carboxylic acids is 1. The monoisotopic (exact) mass is 862 g/mol. The molecule has 3 rings (SSSR count). The van der Waals surface area contributed by atoms with Crippen LogP contribution in [0.1, 0.15) is 79.6 Å². The fourth-order valence-corrected chi connectivity index (χ4v) is 6.79. The van der Waals surface area contributed by atoms with Gasteiger partial charge in [0.25, 0.3) is 0 Å². The van der Waals surface area contributed by atoms with Crippen molar-refractivity contribution in [2.45, 2.75) is 177 Å². The number of carboxylic acid groups (broad SMARTS) is 1. The number of esters is 1. The van der Waals surface area contributed by atoms with Crippen molar-refractivity contribution in [2.24, 2.45) is 0 Å². The van der Waals surface area contributed by atoms with Crippen LogP contribution < -0.4 is 0 Å². The number of aliphatic hydroxyl groups is 9. The average Bonchev–Trinajstić information content (AvgIpc) is 3.19. The minimum absolute atomic E-state index is 0.0501. The zero-order chi connectivity index (χ0) is 44.9. The van der Waals surface area contributed by atoms with Crippen molar-refractivity contribution >= 4 is 11.9 Å². The van der Waals surface area contributed by atoms with E-state index in [2.05, 4.69) is 18.7 Å². The Morgan fingerprint density at radius 1 is 0.700 bits per heavy atom. The van der Waals surface area contributed by atoms with Gasteiger partial charge in [-0.05, 0) is 73.1 Å². The van der Waals surface area contributed by atoms with E-state index < -0.39 is 129 Å². The van der Waals surface area contributed by atoms with E-state index in [0.29, 0.717) is 19.3 Å². The molecule has 3 aliphatic heterocycles. The van der Waals surface area contributed by atoms with Crippen LogP contribution in [0.25, 0.3) is 0 Å². The minimum atomic E-state index is -1.67. The molecule has 0 spiro atoms. The van der Waals surface area contributed by atoms with Crippen LogP contribution in [0.2, 0.25) is 0 Å². The molecule has 0 aliphatic carbocycles. The molecule has 0 saturated carbocycles. The van der Waals surface area contributed by atoms with Crippen LogP contribution in [-0.4, -0.2) is 181 Å². The molecule has 0 aromatic carbocycles. The fourth-order valence-electron chi connectivity index (χ4n) is 6.79. The number of rotatable bonds is 22. The Hall–Kier alpha value is -2.70. The van der Waals surface area contributed by atoms with Crippen LogP contribution in [0.3, 0.4) is 0 Å². The summed E-state index contributed by atoms with van der Waals surface area (Å²) < 4.78 is 39.0. The highest BCUT2D eigenvalue weighted by atomic mass is 16.7. The van der Waals surface area contributed by atoms with Crippen molar-refractivity contribution < 1.29 is 93.8 Å². The Kier molecular flexibility index (Phi) is 20.9. The van der Waals surface area contributed by atoms with Crippen LogP contribution in [-0.2, 0) is 42.7 Å². The SMILES string of the molecule is C=CC(C)(CC/C=C(\C)CC/C=C(\C)CC/C=C(\C)COC1OC(COC(=O)CC(=O)O)C(O)C(O)C1O)OC1OC(CO)C(OC2OC(C)C(O)C(O)C2O)C(O)C1O. The Balaban J connectivity index is 1.41. The molecule has 3 aliphatic rings. The highest BCUT2D eigenvalue weighted by molar-refractivity contribution is 5.90. The summed E-state index contributed by atoms with van der Waals surface area (Å²) in [7, 11) is 0. The third-order valence-electron chi connectivity index (χ3n) is 10.8. The van der Waals surface area contributed by atoms with Crippen molar-refractivity contribution in [3.05, 3.63) is 47.6 Å². The van der Waals surface area contributed by atoms with Crippen LogP contribution in [0, 0.1) is 0 Å². The summed E-state index contributed by atoms with van der Waals surface area (Å²) in [6.07, 6.45) is -10.6. The molecule has 0 aromatic heterocycles. The molecule has 3 heterocycles. The van der Waals surface area contributed by atoms with Gasteiger partial charge in [-0.2, -0.15) is 0 Å². The molecule has 10 N–H and O–H groups in total. The highest BCUT2D eigenvalue weighted by Crippen LogP contribution is 2.33. The number of aliphatic hydroxyl groups excluding tert-OH is 9. The smallest absolute Gasteiger partial charge is 0.317 e. The third kappa shape index (κ3) is 15.0. The van der Waals surface area contributed by atoms with E-state index >= 15 is 0 Å². The first-order valence-electron chi connectivity index (χ1n) is 20.2. The lowest BCUT2D eigenvalue weighted by Crippen LogP contribution is -2.64. The first-order valence-corrected chi connectivity index (χ1v) is 20.2. The molecule has 3 fully saturated rings. The lowest BCUT2D eigenvalue weighted by molar-refractivity contribution is -0.363. The number of carbonyl (C=O) groups is 2. The third-order valence-corrected chi connectivity index (χ3v) is 10.8. The molecule has 0 amide bonds. The van der Waals surface area contributed by atoms with Gasteiger partial charge in [-0.1, -0.05) is 41.0 Å². The zero-order valence-corrected chi connectivity index (χ0v) is 34.9. The Morgan fingerprint density at radius 2 is 1.25 bits per heavy atom. The number of hydrogen-bond donors (Lipinski definition) is 10. The van der Waals surface area contributed by atoms with Gasteiger partial charge in [-0.25, -0.2) is 0 Å². The van der Waals surface area contributed by atoms with E-state index in [-0.39, 0.29) is 6.61 Å². The van der Waals surface area contributed by atoms with Crippen LogP contribution in [0.15, 0.2) is 47.6 Å². The van der Waals surface area contributed by atoms with Crippen LogP contribution in [0.4, 0.5) is 0 Å². The van der Waals surface area contributed by atoms with Crippen molar-refractivity contribution in [1.29, 1.82) is 0 Å². The quantitative estimate of drug-likeness (QED) is 0.0377. The minimum Gasteiger partial charge on any atom is -0.481 e. The summed E-state index contributed by atoms with van der Waals surface area (Å²) in [4.78, 5) is 22.2. The number of aliphatic carboxylic acids is 1. The molecule has 19 heteroatoms. The largest absolute Gasteiger partial charge is 0.481 e. The van der Waals surface area contributed by atoms with E-state index in [1.54, 1.807) is 13.0 Å². The maximum atomic E-state index is 11.6. The van der Waals surface area contributed by atoms with Crippen molar-refractivity contribution in [3.8, 4) is 0 Å². The highest BCUT2D eigenvalue weighted by Gasteiger charge is 2.51. The Morgan fingerprint density at radius 3 is 1.85 bits per heavy atom. The maximum absolute atomic E-state index is 11.6. The molecule has 3 saturated heterocycles. The van der Waals surface area contributed by atoms with Crippen molar-refractivity contribution in [3.63, 3.8) is 0 Å². The predicted octanol–water partition coefficient (Wildman–Crippen LogP) is -0.379. The van der Waals surface area contributed by atoms with Gasteiger partial charge in [0.05, 0.1) is 24.9 Å². The lowest BCUT2D eigenvalue weighted by atomic mass is 9.95. The molecule has 16 atom stereocenters. The van der Waals surface area contributed by atoms with Crippen molar-refractivity contribution in [2.75, 3.05) is 19.8 Å². The standard InChI is InChI=1S/C41H66O19/c1-7-41(6,60-40-36(53)33(50)37(25(18-42)57-40)59-39-35(52)31(48)29(46)24(5)56-39)16-10-15-22(3)12-8-11-21(2)13-9-14-23(4)19-55-38-34(51)32(49)30(47)26(58-38)20-54-28(45)17-27(43)44/h7,11,14-15,24-26,29-40,42,46-53H,1,8-10,12-13,16-20H2,2-6H3,(H,43,44)/b21-11+,22-15+,23-14+. The van der Waals surface area contributed by atoms with Gasteiger partial charge in [0.15, 0.2) is 18.9 Å². The van der Waals surface area contributed by atoms with E-state index in [4.69, 9.17) is 38.3 Å². The Bertz CT molecular complexity index is 1470. The molecule has 19 nitrogen and oxygen atoms in total. The lowest BCUT2D eigenvalue weighted by Gasteiger charge is -2.47. The number of ether oxygens (including phenoxy) is 7. The molecule has 16 unspecified atom stereocenters. The van der Waals surface area contributed by atoms with E-state index in [1.165, 1.54) is 12.5 Å².